The zero-order valence-electron chi connectivity index (χ0n) is 13.5. The molecule has 0 bridgehead atoms. The van der Waals surface area contributed by atoms with Gasteiger partial charge in [-0.05, 0) is 37.0 Å². The van der Waals surface area contributed by atoms with Gasteiger partial charge in [-0.3, -0.25) is 10.1 Å². The molecule has 4 heteroatoms. The largest absolute Gasteiger partial charge is 0.497 e. The van der Waals surface area contributed by atoms with Crippen LogP contribution < -0.4 is 10.1 Å². The Balaban J connectivity index is 1.81. The van der Waals surface area contributed by atoms with Crippen LogP contribution in [0.4, 0.5) is 0 Å². The van der Waals surface area contributed by atoms with Crippen molar-refractivity contribution in [3.8, 4) is 5.75 Å². The van der Waals surface area contributed by atoms with E-state index < -0.39 is 5.54 Å². The van der Waals surface area contributed by atoms with Crippen molar-refractivity contribution in [1.29, 1.82) is 0 Å². The molecule has 0 aromatic heterocycles. The zero-order valence-corrected chi connectivity index (χ0v) is 13.5. The van der Waals surface area contributed by atoms with Gasteiger partial charge in [0.2, 0.25) is 5.91 Å². The maximum absolute atomic E-state index is 12.3. The molecule has 1 aliphatic rings. The number of methoxy groups -OCH3 is 1. The predicted molar refractivity (Wildman–Crippen MR) is 84.3 cm³/mol. The number of likely N-dealkylation sites (tertiary alicyclic amines) is 1. The van der Waals surface area contributed by atoms with E-state index in [2.05, 4.69) is 19.2 Å². The van der Waals surface area contributed by atoms with Gasteiger partial charge in [-0.15, -0.1) is 0 Å². The first kappa shape index (κ1) is 15.8. The van der Waals surface area contributed by atoms with Gasteiger partial charge in [0.05, 0.1) is 7.11 Å². The van der Waals surface area contributed by atoms with Gasteiger partial charge in [0.1, 0.15) is 11.3 Å². The predicted octanol–water partition coefficient (Wildman–Crippen LogP) is 2.43. The van der Waals surface area contributed by atoms with E-state index >= 15 is 0 Å². The van der Waals surface area contributed by atoms with E-state index in [0.29, 0.717) is 12.5 Å². The Hall–Kier alpha value is -1.55. The lowest BCUT2D eigenvalue weighted by Crippen LogP contribution is -2.71. The van der Waals surface area contributed by atoms with Crippen LogP contribution in [-0.4, -0.2) is 36.5 Å². The molecule has 2 rings (SSSR count). The van der Waals surface area contributed by atoms with Crippen molar-refractivity contribution < 1.29 is 9.53 Å². The van der Waals surface area contributed by atoms with Crippen LogP contribution in [0.25, 0.3) is 0 Å². The highest BCUT2D eigenvalue weighted by Gasteiger charge is 2.47. The molecule has 0 aliphatic carbocycles. The average Bonchev–Trinajstić information content (AvgIpc) is 2.49. The molecule has 1 atom stereocenters. The summed E-state index contributed by atoms with van der Waals surface area (Å²) in [4.78, 5) is 14.2. The maximum atomic E-state index is 12.3. The molecular weight excluding hydrogens is 264 g/mol. The lowest BCUT2D eigenvalue weighted by Gasteiger charge is -2.47. The Kier molecular flexibility index (Phi) is 4.88. The molecule has 1 N–H and O–H groups in total. The van der Waals surface area contributed by atoms with Gasteiger partial charge in [0.25, 0.3) is 0 Å². The molecule has 1 heterocycles. The van der Waals surface area contributed by atoms with Crippen LogP contribution in [0.2, 0.25) is 0 Å². The quantitative estimate of drug-likeness (QED) is 0.784. The number of β-lactam (4-membered cyclic amide) rings is 1. The number of nitrogens with one attached hydrogen (secondary N) is 1. The first-order valence-electron chi connectivity index (χ1n) is 7.62. The molecule has 1 aromatic carbocycles. The fourth-order valence-corrected chi connectivity index (χ4v) is 2.55. The van der Waals surface area contributed by atoms with E-state index in [9.17, 15) is 4.79 Å². The van der Waals surface area contributed by atoms with Gasteiger partial charge >= 0.3 is 0 Å². The van der Waals surface area contributed by atoms with Gasteiger partial charge < -0.3 is 9.64 Å². The monoisotopic (exact) mass is 290 g/mol. The third-order valence-corrected chi connectivity index (χ3v) is 4.08. The minimum atomic E-state index is -0.406. The molecule has 116 valence electrons. The molecule has 1 amide bonds. The van der Waals surface area contributed by atoms with Gasteiger partial charge in [0.15, 0.2) is 0 Å². The SMILES string of the molecule is COc1ccc(CNC2(C)CN(CCC(C)C)C2=O)cc1. The van der Waals surface area contributed by atoms with E-state index in [1.807, 2.05) is 36.1 Å². The molecule has 4 nitrogen and oxygen atoms in total. The molecule has 0 saturated carbocycles. The first-order valence-corrected chi connectivity index (χ1v) is 7.62. The summed E-state index contributed by atoms with van der Waals surface area (Å²) in [7, 11) is 1.66. The number of carbonyl (C=O) groups is 1. The Bertz CT molecular complexity index is 484. The van der Waals surface area contributed by atoms with E-state index in [0.717, 1.165) is 30.8 Å². The van der Waals surface area contributed by atoms with Crippen molar-refractivity contribution >= 4 is 5.91 Å². The number of amides is 1. The van der Waals surface area contributed by atoms with Crippen LogP contribution in [0.3, 0.4) is 0 Å². The number of hydrogen-bond acceptors (Lipinski definition) is 3. The Morgan fingerprint density at radius 3 is 2.52 bits per heavy atom. The summed E-state index contributed by atoms with van der Waals surface area (Å²) >= 11 is 0. The van der Waals surface area contributed by atoms with Crippen molar-refractivity contribution in [1.82, 2.24) is 10.2 Å². The highest BCUT2D eigenvalue weighted by molar-refractivity contribution is 5.92. The van der Waals surface area contributed by atoms with Crippen molar-refractivity contribution in [2.75, 3.05) is 20.2 Å². The lowest BCUT2D eigenvalue weighted by molar-refractivity contribution is -0.152. The number of ether oxygens (including phenoxy) is 1. The number of rotatable bonds is 7. The summed E-state index contributed by atoms with van der Waals surface area (Å²) in [6.45, 7) is 8.73. The second-order valence-electron chi connectivity index (χ2n) is 6.44. The summed E-state index contributed by atoms with van der Waals surface area (Å²) in [6, 6.07) is 7.93. The van der Waals surface area contributed by atoms with Crippen LogP contribution in [0.1, 0.15) is 32.8 Å². The summed E-state index contributed by atoms with van der Waals surface area (Å²) < 4.78 is 5.14. The normalized spacial score (nSPS) is 21.6. The molecule has 1 aromatic rings. The topological polar surface area (TPSA) is 41.6 Å². The number of nitrogens with zero attached hydrogens (tertiary/aromatic N) is 1. The molecule has 21 heavy (non-hydrogen) atoms. The molecule has 0 radical (unpaired) electrons. The molecule has 0 spiro atoms. The minimum absolute atomic E-state index is 0.219. The average molecular weight is 290 g/mol. The number of hydrogen-bond donors (Lipinski definition) is 1. The van der Waals surface area contributed by atoms with E-state index in [1.54, 1.807) is 7.11 Å². The van der Waals surface area contributed by atoms with Crippen LogP contribution in [0.15, 0.2) is 24.3 Å². The van der Waals surface area contributed by atoms with Crippen molar-refractivity contribution in [2.24, 2.45) is 5.92 Å². The Morgan fingerprint density at radius 1 is 1.33 bits per heavy atom. The third-order valence-electron chi connectivity index (χ3n) is 4.08. The molecular formula is C17H26N2O2. The standard InChI is InChI=1S/C17H26N2O2/c1-13(2)9-10-19-12-17(3,16(19)20)18-11-14-5-7-15(21-4)8-6-14/h5-8,13,18H,9-12H2,1-4H3. The van der Waals surface area contributed by atoms with Gasteiger partial charge in [0, 0.05) is 19.6 Å². The highest BCUT2D eigenvalue weighted by atomic mass is 16.5. The van der Waals surface area contributed by atoms with Crippen LogP contribution >= 0.6 is 0 Å². The van der Waals surface area contributed by atoms with E-state index in [1.165, 1.54) is 0 Å². The van der Waals surface area contributed by atoms with Crippen molar-refractivity contribution in [2.45, 2.75) is 39.3 Å². The number of benzene rings is 1. The molecule has 1 unspecified atom stereocenters. The van der Waals surface area contributed by atoms with Gasteiger partial charge in [-0.1, -0.05) is 26.0 Å². The van der Waals surface area contributed by atoms with Crippen molar-refractivity contribution in [3.05, 3.63) is 29.8 Å². The molecule has 1 fully saturated rings. The van der Waals surface area contributed by atoms with Crippen LogP contribution in [0.5, 0.6) is 5.75 Å². The maximum Gasteiger partial charge on any atom is 0.244 e. The van der Waals surface area contributed by atoms with E-state index in [-0.39, 0.29) is 5.91 Å². The summed E-state index contributed by atoms with van der Waals surface area (Å²) in [6.07, 6.45) is 1.07. The fraction of sp³-hybridized carbons (Fsp3) is 0.588. The van der Waals surface area contributed by atoms with Crippen LogP contribution in [0, 0.1) is 5.92 Å². The van der Waals surface area contributed by atoms with Crippen LogP contribution in [-0.2, 0) is 11.3 Å². The Morgan fingerprint density at radius 2 is 2.00 bits per heavy atom. The summed E-state index contributed by atoms with van der Waals surface area (Å²) in [5, 5.41) is 3.38. The zero-order chi connectivity index (χ0) is 15.5. The van der Waals surface area contributed by atoms with Crippen molar-refractivity contribution in [3.63, 3.8) is 0 Å². The molecule has 1 aliphatic heterocycles. The Labute approximate surface area is 127 Å². The number of carbonyl (C=O) groups excluding carboxylic acids is 1. The van der Waals surface area contributed by atoms with Gasteiger partial charge in [-0.25, -0.2) is 0 Å². The fourth-order valence-electron chi connectivity index (χ4n) is 2.55. The first-order chi connectivity index (χ1) is 9.94. The summed E-state index contributed by atoms with van der Waals surface area (Å²) in [5.74, 6) is 1.71. The minimum Gasteiger partial charge on any atom is -0.497 e. The second-order valence-corrected chi connectivity index (χ2v) is 6.44. The summed E-state index contributed by atoms with van der Waals surface area (Å²) in [5.41, 5.74) is 0.752. The third kappa shape index (κ3) is 3.76. The second kappa shape index (κ2) is 6.48. The smallest absolute Gasteiger partial charge is 0.244 e. The highest BCUT2D eigenvalue weighted by Crippen LogP contribution is 2.24. The van der Waals surface area contributed by atoms with E-state index in [4.69, 9.17) is 4.74 Å². The molecule has 1 saturated heterocycles. The lowest BCUT2D eigenvalue weighted by atomic mass is 9.89. The van der Waals surface area contributed by atoms with Gasteiger partial charge in [-0.2, -0.15) is 0 Å².